The van der Waals surface area contributed by atoms with Gasteiger partial charge < -0.3 is 15.3 Å². The minimum atomic E-state index is -0.0472. The summed E-state index contributed by atoms with van der Waals surface area (Å²) in [6.07, 6.45) is 1.93. The average molecular weight is 172 g/mol. The SMILES string of the molecule is CCNC(=O)N1CCC[C@@H]1CO. The highest BCUT2D eigenvalue weighted by molar-refractivity contribution is 5.74. The largest absolute Gasteiger partial charge is 0.394 e. The highest BCUT2D eigenvalue weighted by atomic mass is 16.3. The minimum Gasteiger partial charge on any atom is -0.394 e. The standard InChI is InChI=1S/C8H16N2O2/c1-2-9-8(12)10-5-3-4-7(10)6-11/h7,11H,2-6H2,1H3,(H,9,12)/t7-/m1/s1. The molecule has 0 aliphatic carbocycles. The van der Waals surface area contributed by atoms with Gasteiger partial charge in [-0.2, -0.15) is 0 Å². The second-order valence-electron chi connectivity index (χ2n) is 3.01. The summed E-state index contributed by atoms with van der Waals surface area (Å²) in [6.45, 7) is 3.39. The molecule has 1 atom stereocenters. The number of carbonyl (C=O) groups is 1. The van der Waals surface area contributed by atoms with Gasteiger partial charge in [-0.3, -0.25) is 0 Å². The molecule has 0 spiro atoms. The summed E-state index contributed by atoms with van der Waals surface area (Å²) in [5.41, 5.74) is 0. The fraction of sp³-hybridized carbons (Fsp3) is 0.875. The van der Waals surface area contributed by atoms with E-state index >= 15 is 0 Å². The van der Waals surface area contributed by atoms with Crippen molar-refractivity contribution in [3.05, 3.63) is 0 Å². The van der Waals surface area contributed by atoms with Gasteiger partial charge in [-0.05, 0) is 19.8 Å². The number of hydrogen-bond donors (Lipinski definition) is 2. The topological polar surface area (TPSA) is 52.6 Å². The lowest BCUT2D eigenvalue weighted by molar-refractivity contribution is 0.157. The first-order valence-corrected chi connectivity index (χ1v) is 4.45. The van der Waals surface area contributed by atoms with E-state index in [1.807, 2.05) is 6.92 Å². The Morgan fingerprint density at radius 2 is 2.50 bits per heavy atom. The minimum absolute atomic E-state index is 0.0385. The lowest BCUT2D eigenvalue weighted by Gasteiger charge is -2.22. The predicted octanol–water partition coefficient (Wildman–Crippen LogP) is 0.173. The van der Waals surface area contributed by atoms with Crippen molar-refractivity contribution in [3.8, 4) is 0 Å². The summed E-state index contributed by atoms with van der Waals surface area (Å²) in [7, 11) is 0. The molecule has 1 aliphatic rings. The van der Waals surface area contributed by atoms with Gasteiger partial charge in [0.25, 0.3) is 0 Å². The van der Waals surface area contributed by atoms with Gasteiger partial charge in [-0.25, -0.2) is 4.79 Å². The van der Waals surface area contributed by atoms with Crippen LogP contribution in [0.4, 0.5) is 4.79 Å². The predicted molar refractivity (Wildman–Crippen MR) is 45.9 cm³/mol. The van der Waals surface area contributed by atoms with Crippen LogP contribution in [0.15, 0.2) is 0 Å². The smallest absolute Gasteiger partial charge is 0.317 e. The first kappa shape index (κ1) is 9.32. The molecule has 0 saturated carbocycles. The molecule has 70 valence electrons. The van der Waals surface area contributed by atoms with Gasteiger partial charge in [0.05, 0.1) is 12.6 Å². The average Bonchev–Trinajstić information content (AvgIpc) is 2.51. The molecule has 2 N–H and O–H groups in total. The van der Waals surface area contributed by atoms with E-state index in [1.165, 1.54) is 0 Å². The summed E-state index contributed by atoms with van der Waals surface area (Å²) in [5, 5.41) is 11.7. The number of aliphatic hydroxyl groups excluding tert-OH is 1. The van der Waals surface area contributed by atoms with Crippen molar-refractivity contribution in [2.75, 3.05) is 19.7 Å². The molecule has 1 fully saturated rings. The summed E-state index contributed by atoms with van der Waals surface area (Å²) >= 11 is 0. The zero-order valence-corrected chi connectivity index (χ0v) is 7.42. The van der Waals surface area contributed by atoms with Crippen molar-refractivity contribution in [1.82, 2.24) is 10.2 Å². The quantitative estimate of drug-likeness (QED) is 0.624. The Bertz CT molecular complexity index is 161. The maximum atomic E-state index is 11.3. The first-order chi connectivity index (χ1) is 5.79. The Kier molecular flexibility index (Phi) is 3.34. The summed E-state index contributed by atoms with van der Waals surface area (Å²) in [5.74, 6) is 0. The van der Waals surface area contributed by atoms with E-state index < -0.39 is 0 Å². The Morgan fingerprint density at radius 1 is 1.75 bits per heavy atom. The second kappa shape index (κ2) is 4.30. The van der Waals surface area contributed by atoms with Crippen LogP contribution in [-0.4, -0.2) is 41.8 Å². The van der Waals surface area contributed by atoms with Crippen LogP contribution in [0.2, 0.25) is 0 Å². The number of amides is 2. The van der Waals surface area contributed by atoms with E-state index in [0.717, 1.165) is 19.4 Å². The lowest BCUT2D eigenvalue weighted by atomic mass is 10.2. The normalized spacial score (nSPS) is 22.8. The molecule has 4 heteroatoms. The maximum absolute atomic E-state index is 11.3. The molecule has 1 rings (SSSR count). The fourth-order valence-corrected chi connectivity index (χ4v) is 1.55. The van der Waals surface area contributed by atoms with Crippen LogP contribution < -0.4 is 5.32 Å². The van der Waals surface area contributed by atoms with Gasteiger partial charge >= 0.3 is 6.03 Å². The molecule has 0 radical (unpaired) electrons. The van der Waals surface area contributed by atoms with Gasteiger partial charge in [-0.15, -0.1) is 0 Å². The summed E-state index contributed by atoms with van der Waals surface area (Å²) in [4.78, 5) is 13.0. The lowest BCUT2D eigenvalue weighted by Crippen LogP contribution is -2.44. The van der Waals surface area contributed by atoms with E-state index in [-0.39, 0.29) is 18.7 Å². The molecule has 0 unspecified atom stereocenters. The van der Waals surface area contributed by atoms with Gasteiger partial charge in [0.2, 0.25) is 0 Å². The number of aliphatic hydroxyl groups is 1. The van der Waals surface area contributed by atoms with Crippen LogP contribution in [0.1, 0.15) is 19.8 Å². The van der Waals surface area contributed by atoms with Gasteiger partial charge in [0.1, 0.15) is 0 Å². The zero-order chi connectivity index (χ0) is 8.97. The molecule has 4 nitrogen and oxygen atoms in total. The number of nitrogens with zero attached hydrogens (tertiary/aromatic N) is 1. The summed E-state index contributed by atoms with van der Waals surface area (Å²) in [6, 6.07) is -0.00870. The Morgan fingerprint density at radius 3 is 3.08 bits per heavy atom. The zero-order valence-electron chi connectivity index (χ0n) is 7.42. The molecule has 0 aromatic rings. The molecular weight excluding hydrogens is 156 g/mol. The van der Waals surface area contributed by atoms with E-state index in [2.05, 4.69) is 5.32 Å². The number of hydrogen-bond acceptors (Lipinski definition) is 2. The van der Waals surface area contributed by atoms with E-state index in [4.69, 9.17) is 5.11 Å². The van der Waals surface area contributed by atoms with E-state index in [1.54, 1.807) is 4.90 Å². The fourth-order valence-electron chi connectivity index (χ4n) is 1.55. The molecule has 1 aliphatic heterocycles. The molecule has 1 heterocycles. The third-order valence-electron chi connectivity index (χ3n) is 2.18. The van der Waals surface area contributed by atoms with Crippen LogP contribution in [0, 0.1) is 0 Å². The van der Waals surface area contributed by atoms with Crippen molar-refractivity contribution < 1.29 is 9.90 Å². The third-order valence-corrected chi connectivity index (χ3v) is 2.18. The second-order valence-corrected chi connectivity index (χ2v) is 3.01. The molecule has 0 aromatic carbocycles. The van der Waals surface area contributed by atoms with Gasteiger partial charge in [-0.1, -0.05) is 0 Å². The summed E-state index contributed by atoms with van der Waals surface area (Å²) < 4.78 is 0. The number of carbonyl (C=O) groups excluding carboxylic acids is 1. The highest BCUT2D eigenvalue weighted by Crippen LogP contribution is 2.15. The van der Waals surface area contributed by atoms with Crippen LogP contribution >= 0.6 is 0 Å². The molecule has 0 bridgehead atoms. The first-order valence-electron chi connectivity index (χ1n) is 4.45. The van der Waals surface area contributed by atoms with E-state index in [9.17, 15) is 4.79 Å². The van der Waals surface area contributed by atoms with Crippen molar-refractivity contribution in [1.29, 1.82) is 0 Å². The number of nitrogens with one attached hydrogen (secondary N) is 1. The van der Waals surface area contributed by atoms with Gasteiger partial charge in [0.15, 0.2) is 0 Å². The highest BCUT2D eigenvalue weighted by Gasteiger charge is 2.27. The molecule has 1 saturated heterocycles. The van der Waals surface area contributed by atoms with E-state index in [0.29, 0.717) is 6.54 Å². The third kappa shape index (κ3) is 1.88. The van der Waals surface area contributed by atoms with Crippen LogP contribution in [0.5, 0.6) is 0 Å². The van der Waals surface area contributed by atoms with Crippen LogP contribution in [0.3, 0.4) is 0 Å². The number of urea groups is 1. The number of rotatable bonds is 2. The Labute approximate surface area is 72.6 Å². The molecule has 12 heavy (non-hydrogen) atoms. The van der Waals surface area contributed by atoms with Crippen LogP contribution in [0.25, 0.3) is 0 Å². The Balaban J connectivity index is 2.43. The molecule has 2 amide bonds. The van der Waals surface area contributed by atoms with Crippen molar-refractivity contribution >= 4 is 6.03 Å². The maximum Gasteiger partial charge on any atom is 0.317 e. The monoisotopic (exact) mass is 172 g/mol. The van der Waals surface area contributed by atoms with Crippen molar-refractivity contribution in [3.63, 3.8) is 0 Å². The van der Waals surface area contributed by atoms with Crippen molar-refractivity contribution in [2.45, 2.75) is 25.8 Å². The van der Waals surface area contributed by atoms with Crippen molar-refractivity contribution in [2.24, 2.45) is 0 Å². The number of likely N-dealkylation sites (tertiary alicyclic amines) is 1. The molecular formula is C8H16N2O2. The molecule has 0 aromatic heterocycles. The Hall–Kier alpha value is -0.770. The van der Waals surface area contributed by atoms with Crippen LogP contribution in [-0.2, 0) is 0 Å². The van der Waals surface area contributed by atoms with Gasteiger partial charge in [0, 0.05) is 13.1 Å².